The van der Waals surface area contributed by atoms with Crippen LogP contribution in [0.4, 0.5) is 0 Å². The fourth-order valence-electron chi connectivity index (χ4n) is 1.96. The van der Waals surface area contributed by atoms with E-state index in [0.717, 1.165) is 0 Å². The van der Waals surface area contributed by atoms with E-state index < -0.39 is 0 Å². The van der Waals surface area contributed by atoms with Gasteiger partial charge in [0.2, 0.25) is 0 Å². The average molecular weight is 269 g/mol. The van der Waals surface area contributed by atoms with Gasteiger partial charge in [0, 0.05) is 5.25 Å². The van der Waals surface area contributed by atoms with E-state index in [1.807, 2.05) is 0 Å². The van der Waals surface area contributed by atoms with Crippen LogP contribution in [0.3, 0.4) is 0 Å². The van der Waals surface area contributed by atoms with Gasteiger partial charge in [-0.05, 0) is 38.9 Å². The molecule has 0 saturated heterocycles. The molecular weight excluding hydrogens is 236 g/mol. The van der Waals surface area contributed by atoms with Crippen LogP contribution in [0.15, 0.2) is 23.8 Å². The highest BCUT2D eigenvalue weighted by Crippen LogP contribution is 2.19. The minimum atomic E-state index is 0.662. The van der Waals surface area contributed by atoms with E-state index in [4.69, 9.17) is 0 Å². The molecule has 0 saturated carbocycles. The van der Waals surface area contributed by atoms with Gasteiger partial charge in [0.1, 0.15) is 0 Å². The van der Waals surface area contributed by atoms with Gasteiger partial charge in [0.25, 0.3) is 0 Å². The van der Waals surface area contributed by atoms with Crippen molar-refractivity contribution in [3.05, 3.63) is 23.8 Å². The summed E-state index contributed by atoms with van der Waals surface area (Å²) >= 11 is 2.10. The van der Waals surface area contributed by atoms with Crippen LogP contribution in [0.25, 0.3) is 0 Å². The zero-order valence-corrected chi connectivity index (χ0v) is 13.7. The Kier molecular flexibility index (Phi) is 13.1. The van der Waals surface area contributed by atoms with Crippen molar-refractivity contribution in [3.8, 4) is 0 Å². The second kappa shape index (κ2) is 13.3. The Bertz CT molecular complexity index is 228. The molecule has 106 valence electrons. The summed E-state index contributed by atoms with van der Waals surface area (Å²) in [6.45, 7) is 8.98. The van der Waals surface area contributed by atoms with Crippen molar-refractivity contribution in [1.82, 2.24) is 0 Å². The molecule has 0 aromatic heterocycles. The lowest BCUT2D eigenvalue weighted by molar-refractivity contribution is 0.706. The first kappa shape index (κ1) is 17.8. The zero-order chi connectivity index (χ0) is 13.6. The number of hydrogen-bond donors (Lipinski definition) is 0. The van der Waals surface area contributed by atoms with Crippen molar-refractivity contribution in [2.24, 2.45) is 0 Å². The minimum Gasteiger partial charge on any atom is -0.155 e. The first-order valence-corrected chi connectivity index (χ1v) is 8.74. The van der Waals surface area contributed by atoms with Crippen LogP contribution >= 0.6 is 11.8 Å². The molecule has 18 heavy (non-hydrogen) atoms. The van der Waals surface area contributed by atoms with Crippen LogP contribution in [0.5, 0.6) is 0 Å². The SMILES string of the molecule is C/C=C/C(=C\C(C)SCCCCCC)CCCC. The largest absolute Gasteiger partial charge is 0.155 e. The topological polar surface area (TPSA) is 0 Å². The first-order valence-electron chi connectivity index (χ1n) is 7.69. The van der Waals surface area contributed by atoms with E-state index >= 15 is 0 Å². The Labute approximate surface area is 119 Å². The molecular formula is C17H32S. The predicted molar refractivity (Wildman–Crippen MR) is 88.5 cm³/mol. The van der Waals surface area contributed by atoms with Crippen molar-refractivity contribution in [3.63, 3.8) is 0 Å². The average Bonchev–Trinajstić information content (AvgIpc) is 2.36. The molecule has 1 unspecified atom stereocenters. The molecule has 1 heteroatoms. The summed E-state index contributed by atoms with van der Waals surface area (Å²) < 4.78 is 0. The summed E-state index contributed by atoms with van der Waals surface area (Å²) in [6.07, 6.45) is 16.2. The molecule has 0 aromatic rings. The maximum absolute atomic E-state index is 2.46. The highest BCUT2D eigenvalue weighted by atomic mass is 32.2. The molecule has 0 aliphatic carbocycles. The third-order valence-corrected chi connectivity index (χ3v) is 4.21. The molecule has 0 heterocycles. The van der Waals surface area contributed by atoms with E-state index in [1.165, 1.54) is 56.3 Å². The van der Waals surface area contributed by atoms with Crippen LogP contribution < -0.4 is 0 Å². The second-order valence-electron chi connectivity index (χ2n) is 4.98. The van der Waals surface area contributed by atoms with E-state index in [9.17, 15) is 0 Å². The molecule has 0 radical (unpaired) electrons. The lowest BCUT2D eigenvalue weighted by atomic mass is 10.1. The monoisotopic (exact) mass is 268 g/mol. The summed E-state index contributed by atoms with van der Waals surface area (Å²) in [7, 11) is 0. The molecule has 0 N–H and O–H groups in total. The smallest absolute Gasteiger partial charge is 0.0204 e. The molecule has 0 spiro atoms. The van der Waals surface area contributed by atoms with Gasteiger partial charge in [-0.1, -0.05) is 63.3 Å². The number of rotatable bonds is 11. The van der Waals surface area contributed by atoms with Crippen molar-refractivity contribution in [2.75, 3.05) is 5.75 Å². The van der Waals surface area contributed by atoms with Crippen LogP contribution in [0.1, 0.15) is 72.6 Å². The number of allylic oxidation sites excluding steroid dienone is 3. The van der Waals surface area contributed by atoms with Gasteiger partial charge in [-0.2, -0.15) is 11.8 Å². The third kappa shape index (κ3) is 11.0. The van der Waals surface area contributed by atoms with Crippen molar-refractivity contribution < 1.29 is 0 Å². The highest BCUT2D eigenvalue weighted by Gasteiger charge is 2.00. The van der Waals surface area contributed by atoms with Gasteiger partial charge in [0.15, 0.2) is 0 Å². The number of hydrogen-bond acceptors (Lipinski definition) is 1. The number of thioether (sulfide) groups is 1. The highest BCUT2D eigenvalue weighted by molar-refractivity contribution is 8.00. The Morgan fingerprint density at radius 2 is 1.78 bits per heavy atom. The number of unbranched alkanes of at least 4 members (excludes halogenated alkanes) is 4. The third-order valence-electron chi connectivity index (χ3n) is 3.03. The predicted octanol–water partition coefficient (Wildman–Crippen LogP) is 6.38. The summed E-state index contributed by atoms with van der Waals surface area (Å²) in [5, 5.41) is 0.662. The normalized spacial score (nSPS) is 14.3. The van der Waals surface area contributed by atoms with E-state index in [0.29, 0.717) is 5.25 Å². The van der Waals surface area contributed by atoms with Gasteiger partial charge in [-0.25, -0.2) is 0 Å². The van der Waals surface area contributed by atoms with E-state index in [-0.39, 0.29) is 0 Å². The molecule has 0 rings (SSSR count). The molecule has 0 fully saturated rings. The van der Waals surface area contributed by atoms with Crippen molar-refractivity contribution in [1.29, 1.82) is 0 Å². The summed E-state index contributed by atoms with van der Waals surface area (Å²) in [5.74, 6) is 1.31. The van der Waals surface area contributed by atoms with Crippen LogP contribution in [0.2, 0.25) is 0 Å². The van der Waals surface area contributed by atoms with E-state index in [2.05, 4.69) is 57.7 Å². The Hall–Kier alpha value is -0.170. The lowest BCUT2D eigenvalue weighted by Crippen LogP contribution is -1.95. The lowest BCUT2D eigenvalue weighted by Gasteiger charge is -2.09. The molecule has 0 aliphatic rings. The quantitative estimate of drug-likeness (QED) is 0.309. The molecule has 0 amide bonds. The van der Waals surface area contributed by atoms with E-state index in [1.54, 1.807) is 0 Å². The summed E-state index contributed by atoms with van der Waals surface area (Å²) in [6, 6.07) is 0. The van der Waals surface area contributed by atoms with Crippen molar-refractivity contribution >= 4 is 11.8 Å². The first-order chi connectivity index (χ1) is 8.74. The maximum atomic E-state index is 2.46. The van der Waals surface area contributed by atoms with Crippen molar-refractivity contribution in [2.45, 2.75) is 77.9 Å². The van der Waals surface area contributed by atoms with Gasteiger partial charge in [-0.15, -0.1) is 0 Å². The molecule has 1 atom stereocenters. The van der Waals surface area contributed by atoms with Gasteiger partial charge >= 0.3 is 0 Å². The fraction of sp³-hybridized carbons (Fsp3) is 0.765. The standard InChI is InChI=1S/C17H32S/c1-5-8-10-11-14-18-16(4)15-17(12-7-3)13-9-6-2/h7,12,15-16H,5-6,8-11,13-14H2,1-4H3/b12-7+,17-15+. The molecule has 0 nitrogen and oxygen atoms in total. The Balaban J connectivity index is 3.92. The zero-order valence-electron chi connectivity index (χ0n) is 12.9. The summed E-state index contributed by atoms with van der Waals surface area (Å²) in [4.78, 5) is 0. The van der Waals surface area contributed by atoms with Crippen LogP contribution in [-0.4, -0.2) is 11.0 Å². The minimum absolute atomic E-state index is 0.662. The van der Waals surface area contributed by atoms with Gasteiger partial charge in [0.05, 0.1) is 0 Å². The molecule has 0 bridgehead atoms. The van der Waals surface area contributed by atoms with Crippen LogP contribution in [0, 0.1) is 0 Å². The Morgan fingerprint density at radius 3 is 2.39 bits per heavy atom. The fourth-order valence-corrected chi connectivity index (χ4v) is 2.98. The molecule has 0 aromatic carbocycles. The second-order valence-corrected chi connectivity index (χ2v) is 6.47. The Morgan fingerprint density at radius 1 is 1.06 bits per heavy atom. The maximum Gasteiger partial charge on any atom is 0.0204 e. The van der Waals surface area contributed by atoms with Gasteiger partial charge in [-0.3, -0.25) is 0 Å². The molecule has 0 aliphatic heterocycles. The summed E-state index contributed by atoms with van der Waals surface area (Å²) in [5.41, 5.74) is 1.52. The van der Waals surface area contributed by atoms with Gasteiger partial charge < -0.3 is 0 Å². The van der Waals surface area contributed by atoms with Crippen LogP contribution in [-0.2, 0) is 0 Å².